The van der Waals surface area contributed by atoms with Crippen molar-refractivity contribution in [3.63, 3.8) is 0 Å². The number of nitrogens with zero attached hydrogens (tertiary/aromatic N) is 3. The number of halogens is 1. The predicted octanol–water partition coefficient (Wildman–Crippen LogP) is 2.82. The summed E-state index contributed by atoms with van der Waals surface area (Å²) >= 11 is 6.06. The van der Waals surface area contributed by atoms with Crippen LogP contribution in [0.15, 0.2) is 36.4 Å². The summed E-state index contributed by atoms with van der Waals surface area (Å²) in [4.78, 5) is 9.31. The molecule has 1 aromatic heterocycles. The van der Waals surface area contributed by atoms with Crippen molar-refractivity contribution >= 4 is 11.6 Å². The number of phenols is 1. The Bertz CT molecular complexity index is 741. The number of piperazine rings is 1. The first-order chi connectivity index (χ1) is 12.5. The van der Waals surface area contributed by atoms with Gasteiger partial charge in [-0.2, -0.15) is 0 Å². The Hall–Kier alpha value is -1.66. The van der Waals surface area contributed by atoms with E-state index in [1.165, 1.54) is 0 Å². The van der Waals surface area contributed by atoms with Gasteiger partial charge in [-0.25, -0.2) is 0 Å². The van der Waals surface area contributed by atoms with Crippen LogP contribution in [0.2, 0.25) is 5.02 Å². The van der Waals surface area contributed by atoms with Crippen molar-refractivity contribution in [3.05, 3.63) is 58.4 Å². The predicted molar refractivity (Wildman–Crippen MR) is 103 cm³/mol. The standard InChI is InChI=1S/C20H26ClN3O2/c1-15-3-2-4-18(22-15)13-24-9-8-23(14-19(24)7-10-25)12-16-11-17(21)5-6-20(16)26/h2-6,11,19,25-26H,7-10,12-14H2,1H3. The van der Waals surface area contributed by atoms with Crippen molar-refractivity contribution in [1.29, 1.82) is 0 Å². The highest BCUT2D eigenvalue weighted by molar-refractivity contribution is 6.30. The van der Waals surface area contributed by atoms with Gasteiger partial charge in [-0.15, -0.1) is 0 Å². The lowest BCUT2D eigenvalue weighted by Gasteiger charge is -2.41. The minimum absolute atomic E-state index is 0.165. The van der Waals surface area contributed by atoms with E-state index in [-0.39, 0.29) is 18.4 Å². The molecule has 1 unspecified atom stereocenters. The average molecular weight is 376 g/mol. The Balaban J connectivity index is 1.66. The molecule has 1 atom stereocenters. The van der Waals surface area contributed by atoms with Crippen LogP contribution in [0.25, 0.3) is 0 Å². The lowest BCUT2D eigenvalue weighted by Crippen LogP contribution is -2.52. The molecular weight excluding hydrogens is 350 g/mol. The maximum Gasteiger partial charge on any atom is 0.120 e. The number of aromatic hydroxyl groups is 1. The molecule has 2 N–H and O–H groups in total. The molecule has 2 aromatic rings. The van der Waals surface area contributed by atoms with Gasteiger partial charge in [0.05, 0.1) is 5.69 Å². The molecule has 1 fully saturated rings. The number of aliphatic hydroxyl groups excluding tert-OH is 1. The molecule has 1 saturated heterocycles. The molecular formula is C20H26ClN3O2. The van der Waals surface area contributed by atoms with Gasteiger partial charge in [0.15, 0.2) is 0 Å². The Morgan fingerprint density at radius 3 is 2.81 bits per heavy atom. The molecule has 26 heavy (non-hydrogen) atoms. The topological polar surface area (TPSA) is 59.8 Å². The summed E-state index contributed by atoms with van der Waals surface area (Å²) in [5, 5.41) is 20.2. The van der Waals surface area contributed by atoms with Crippen LogP contribution in [0, 0.1) is 6.92 Å². The summed E-state index contributed by atoms with van der Waals surface area (Å²) in [5.74, 6) is 0.277. The van der Waals surface area contributed by atoms with Crippen molar-refractivity contribution in [2.24, 2.45) is 0 Å². The molecule has 0 saturated carbocycles. The van der Waals surface area contributed by atoms with Crippen LogP contribution in [0.5, 0.6) is 5.75 Å². The highest BCUT2D eigenvalue weighted by Gasteiger charge is 2.27. The Labute approximate surface area is 159 Å². The van der Waals surface area contributed by atoms with E-state index in [0.717, 1.165) is 49.6 Å². The number of aromatic nitrogens is 1. The van der Waals surface area contributed by atoms with E-state index in [4.69, 9.17) is 11.6 Å². The lowest BCUT2D eigenvalue weighted by atomic mass is 10.1. The van der Waals surface area contributed by atoms with Gasteiger partial charge in [0, 0.05) is 61.7 Å². The van der Waals surface area contributed by atoms with Gasteiger partial charge in [-0.1, -0.05) is 17.7 Å². The van der Waals surface area contributed by atoms with Gasteiger partial charge in [0.1, 0.15) is 5.75 Å². The highest BCUT2D eigenvalue weighted by Crippen LogP contribution is 2.25. The third-order valence-corrected chi connectivity index (χ3v) is 5.13. The van der Waals surface area contributed by atoms with Crippen LogP contribution in [-0.4, -0.2) is 57.3 Å². The minimum Gasteiger partial charge on any atom is -0.508 e. The Kier molecular flexibility index (Phi) is 6.48. The van der Waals surface area contributed by atoms with E-state index in [1.54, 1.807) is 12.1 Å². The average Bonchev–Trinajstić information content (AvgIpc) is 2.61. The van der Waals surface area contributed by atoms with E-state index in [0.29, 0.717) is 11.6 Å². The molecule has 1 aromatic carbocycles. The number of benzene rings is 1. The van der Waals surface area contributed by atoms with E-state index in [9.17, 15) is 10.2 Å². The first-order valence-corrected chi connectivity index (χ1v) is 9.40. The van der Waals surface area contributed by atoms with Gasteiger partial charge >= 0.3 is 0 Å². The van der Waals surface area contributed by atoms with Gasteiger partial charge in [-0.05, 0) is 43.7 Å². The lowest BCUT2D eigenvalue weighted by molar-refractivity contribution is 0.0488. The number of aryl methyl sites for hydroxylation is 1. The van der Waals surface area contributed by atoms with Gasteiger partial charge in [0.2, 0.25) is 0 Å². The molecule has 1 aliphatic heterocycles. The third kappa shape index (κ3) is 4.95. The molecule has 0 bridgehead atoms. The van der Waals surface area contributed by atoms with Crippen molar-refractivity contribution in [3.8, 4) is 5.75 Å². The fraction of sp³-hybridized carbons (Fsp3) is 0.450. The molecule has 2 heterocycles. The smallest absolute Gasteiger partial charge is 0.120 e. The molecule has 1 aliphatic rings. The molecule has 3 rings (SSSR count). The summed E-state index contributed by atoms with van der Waals surface area (Å²) in [6.45, 7) is 6.27. The minimum atomic E-state index is 0.165. The molecule has 140 valence electrons. The zero-order chi connectivity index (χ0) is 18.5. The first-order valence-electron chi connectivity index (χ1n) is 9.02. The summed E-state index contributed by atoms with van der Waals surface area (Å²) in [6.07, 6.45) is 0.726. The summed E-state index contributed by atoms with van der Waals surface area (Å²) in [7, 11) is 0. The fourth-order valence-electron chi connectivity index (χ4n) is 3.55. The van der Waals surface area contributed by atoms with Crippen LogP contribution in [0.3, 0.4) is 0 Å². The molecule has 0 spiro atoms. The number of rotatable bonds is 6. The van der Waals surface area contributed by atoms with Crippen molar-refractivity contribution < 1.29 is 10.2 Å². The van der Waals surface area contributed by atoms with E-state index in [1.807, 2.05) is 25.1 Å². The van der Waals surface area contributed by atoms with E-state index >= 15 is 0 Å². The van der Waals surface area contributed by atoms with Crippen molar-refractivity contribution in [1.82, 2.24) is 14.8 Å². The second kappa shape index (κ2) is 8.82. The Morgan fingerprint density at radius 1 is 1.19 bits per heavy atom. The molecule has 0 radical (unpaired) electrons. The van der Waals surface area contributed by atoms with Gasteiger partial charge in [-0.3, -0.25) is 14.8 Å². The third-order valence-electron chi connectivity index (χ3n) is 4.90. The second-order valence-electron chi connectivity index (χ2n) is 6.92. The molecule has 5 nitrogen and oxygen atoms in total. The van der Waals surface area contributed by atoms with E-state index < -0.39 is 0 Å². The van der Waals surface area contributed by atoms with Crippen LogP contribution in [0.4, 0.5) is 0 Å². The number of aliphatic hydroxyl groups is 1. The second-order valence-corrected chi connectivity index (χ2v) is 7.35. The summed E-state index contributed by atoms with van der Waals surface area (Å²) in [5.41, 5.74) is 2.93. The molecule has 0 aliphatic carbocycles. The van der Waals surface area contributed by atoms with Crippen molar-refractivity contribution in [2.75, 3.05) is 26.2 Å². The molecule has 6 heteroatoms. The number of pyridine rings is 1. The maximum absolute atomic E-state index is 10.1. The quantitative estimate of drug-likeness (QED) is 0.813. The number of hydrogen-bond donors (Lipinski definition) is 2. The summed E-state index contributed by atoms with van der Waals surface area (Å²) < 4.78 is 0. The van der Waals surface area contributed by atoms with Gasteiger partial charge in [0.25, 0.3) is 0 Å². The van der Waals surface area contributed by atoms with Crippen LogP contribution in [-0.2, 0) is 13.1 Å². The maximum atomic E-state index is 10.1. The van der Waals surface area contributed by atoms with Crippen molar-refractivity contribution in [2.45, 2.75) is 32.5 Å². The number of phenolic OH excluding ortho intramolecular Hbond substituents is 1. The molecule has 0 amide bonds. The van der Waals surface area contributed by atoms with Gasteiger partial charge < -0.3 is 10.2 Å². The Morgan fingerprint density at radius 2 is 2.04 bits per heavy atom. The first kappa shape index (κ1) is 19.1. The fourth-order valence-corrected chi connectivity index (χ4v) is 3.74. The number of hydrogen-bond acceptors (Lipinski definition) is 5. The SMILES string of the molecule is Cc1cccc(CN2CCN(Cc3cc(Cl)ccc3O)CC2CCO)n1. The normalized spacial score (nSPS) is 19.0. The summed E-state index contributed by atoms with van der Waals surface area (Å²) in [6, 6.07) is 11.5. The zero-order valence-electron chi connectivity index (χ0n) is 15.1. The monoisotopic (exact) mass is 375 g/mol. The van der Waals surface area contributed by atoms with Crippen LogP contribution in [0.1, 0.15) is 23.4 Å². The van der Waals surface area contributed by atoms with E-state index in [2.05, 4.69) is 20.9 Å². The zero-order valence-corrected chi connectivity index (χ0v) is 15.9. The largest absolute Gasteiger partial charge is 0.508 e. The van der Waals surface area contributed by atoms with Crippen LogP contribution >= 0.6 is 11.6 Å². The highest BCUT2D eigenvalue weighted by atomic mass is 35.5. The van der Waals surface area contributed by atoms with Crippen LogP contribution < -0.4 is 0 Å².